The Hall–Kier alpha value is -2.20. The largest absolute Gasteiger partial charge is 0.392 e. The fourth-order valence-corrected chi connectivity index (χ4v) is 3.94. The highest BCUT2D eigenvalue weighted by Crippen LogP contribution is 2.41. The zero-order valence-corrected chi connectivity index (χ0v) is 15.1. The monoisotopic (exact) mass is 353 g/mol. The van der Waals surface area contributed by atoms with Gasteiger partial charge in [0.15, 0.2) is 5.78 Å². The smallest absolute Gasteiger partial charge is 0.227 e. The van der Waals surface area contributed by atoms with Crippen LogP contribution in [0.25, 0.3) is 0 Å². The Morgan fingerprint density at radius 3 is 2.62 bits per heavy atom. The van der Waals surface area contributed by atoms with E-state index in [9.17, 15) is 14.7 Å². The van der Waals surface area contributed by atoms with Crippen LogP contribution in [0.15, 0.2) is 60.8 Å². The van der Waals surface area contributed by atoms with Crippen LogP contribution in [-0.4, -0.2) is 29.4 Å². The van der Waals surface area contributed by atoms with Gasteiger partial charge in [-0.25, -0.2) is 0 Å². The normalized spacial score (nSPS) is 37.6. The van der Waals surface area contributed by atoms with Crippen molar-refractivity contribution in [2.24, 2.45) is 29.6 Å². The lowest BCUT2D eigenvalue weighted by Gasteiger charge is -2.40. The predicted octanol–water partition coefficient (Wildman–Crippen LogP) is 2.74. The summed E-state index contributed by atoms with van der Waals surface area (Å²) in [5, 5.41) is 13.1. The molecule has 0 aromatic carbocycles. The molecule has 0 saturated carbocycles. The summed E-state index contributed by atoms with van der Waals surface area (Å²) < 4.78 is 0. The van der Waals surface area contributed by atoms with Gasteiger partial charge in [0.2, 0.25) is 5.91 Å². The van der Waals surface area contributed by atoms with Gasteiger partial charge < -0.3 is 10.4 Å². The highest BCUT2D eigenvalue weighted by molar-refractivity contribution is 6.03. The third kappa shape index (κ3) is 4.50. The predicted molar refractivity (Wildman–Crippen MR) is 102 cm³/mol. The highest BCUT2D eigenvalue weighted by atomic mass is 16.3. The summed E-state index contributed by atoms with van der Waals surface area (Å²) in [4.78, 5) is 24.1. The van der Waals surface area contributed by atoms with Gasteiger partial charge in [-0.1, -0.05) is 61.6 Å². The second-order valence-corrected chi connectivity index (χ2v) is 7.48. The fourth-order valence-electron chi connectivity index (χ4n) is 3.94. The minimum Gasteiger partial charge on any atom is -0.392 e. The van der Waals surface area contributed by atoms with E-state index in [2.05, 4.69) is 35.7 Å². The number of fused-ring (bicyclic) bond motifs is 3. The molecule has 3 aliphatic rings. The van der Waals surface area contributed by atoms with Crippen molar-refractivity contribution in [2.75, 3.05) is 6.54 Å². The molecule has 0 bridgehead atoms. The van der Waals surface area contributed by atoms with Crippen molar-refractivity contribution in [1.29, 1.82) is 0 Å². The van der Waals surface area contributed by atoms with Crippen LogP contribution < -0.4 is 5.32 Å². The topological polar surface area (TPSA) is 66.4 Å². The molecule has 3 rings (SSSR count). The molecule has 1 aliphatic heterocycles. The number of nitrogens with one attached hydrogen (secondary N) is 1. The average Bonchev–Trinajstić information content (AvgIpc) is 2.62. The first-order chi connectivity index (χ1) is 12.5. The molecule has 4 nitrogen and oxygen atoms in total. The molecule has 0 saturated heterocycles. The standard InChI is InChI=1S/C22H27NO3/c1-15-5-2-3-6-16-9-11-20-19(7-4-8-21(20)25)18(16)12-10-17(24)13-22(26)23-14-15/h2-7,9-12,15-16,18-21,25H,8,13-14H2,1H3,(H,23,26)/t15-,16+,18-,19+,20-,21-/m0/s1. The van der Waals surface area contributed by atoms with Crippen LogP contribution in [0.1, 0.15) is 19.8 Å². The Bertz CT molecular complexity index is 686. The van der Waals surface area contributed by atoms with Crippen LogP contribution in [0.4, 0.5) is 0 Å². The zero-order chi connectivity index (χ0) is 18.5. The van der Waals surface area contributed by atoms with Crippen molar-refractivity contribution in [3.63, 3.8) is 0 Å². The molecule has 4 heteroatoms. The first-order valence-corrected chi connectivity index (χ1v) is 9.40. The Labute approximate surface area is 155 Å². The molecule has 138 valence electrons. The van der Waals surface area contributed by atoms with Gasteiger partial charge in [-0.15, -0.1) is 0 Å². The molecular formula is C22H27NO3. The van der Waals surface area contributed by atoms with Crippen molar-refractivity contribution < 1.29 is 14.7 Å². The maximum atomic E-state index is 12.2. The van der Waals surface area contributed by atoms with Crippen molar-refractivity contribution in [2.45, 2.75) is 25.9 Å². The summed E-state index contributed by atoms with van der Waals surface area (Å²) in [6, 6.07) is 0. The number of hydrogen-bond donors (Lipinski definition) is 2. The zero-order valence-electron chi connectivity index (χ0n) is 15.1. The summed E-state index contributed by atoms with van der Waals surface area (Å²) in [6.45, 7) is 2.55. The molecule has 26 heavy (non-hydrogen) atoms. The third-order valence-corrected chi connectivity index (χ3v) is 5.41. The van der Waals surface area contributed by atoms with Gasteiger partial charge in [0, 0.05) is 18.4 Å². The fraction of sp³-hybridized carbons (Fsp3) is 0.455. The van der Waals surface area contributed by atoms with Crippen molar-refractivity contribution in [3.8, 4) is 0 Å². The Kier molecular flexibility index (Phi) is 6.04. The van der Waals surface area contributed by atoms with E-state index >= 15 is 0 Å². The van der Waals surface area contributed by atoms with Gasteiger partial charge in [0.05, 0.1) is 12.5 Å². The van der Waals surface area contributed by atoms with Crippen LogP contribution in [-0.2, 0) is 9.59 Å². The number of ketones is 1. The third-order valence-electron chi connectivity index (χ3n) is 5.41. The second kappa shape index (κ2) is 8.45. The average molecular weight is 353 g/mol. The van der Waals surface area contributed by atoms with E-state index < -0.39 is 0 Å². The molecule has 0 spiro atoms. The lowest BCUT2D eigenvalue weighted by molar-refractivity contribution is -0.126. The number of aliphatic hydroxyl groups is 1. The van der Waals surface area contributed by atoms with Gasteiger partial charge in [0.1, 0.15) is 0 Å². The summed E-state index contributed by atoms with van der Waals surface area (Å²) in [5.74, 6) is 0.269. The van der Waals surface area contributed by atoms with Crippen LogP contribution in [0.3, 0.4) is 0 Å². The van der Waals surface area contributed by atoms with Gasteiger partial charge in [-0.2, -0.15) is 0 Å². The number of carbonyl (C=O) groups excluding carboxylic acids is 2. The van der Waals surface area contributed by atoms with Crippen LogP contribution in [0.5, 0.6) is 0 Å². The highest BCUT2D eigenvalue weighted by Gasteiger charge is 2.37. The van der Waals surface area contributed by atoms with Crippen molar-refractivity contribution in [1.82, 2.24) is 5.32 Å². The molecule has 2 N–H and O–H groups in total. The minimum absolute atomic E-state index is 0.0761. The van der Waals surface area contributed by atoms with E-state index in [0.29, 0.717) is 13.0 Å². The molecule has 6 atom stereocenters. The van der Waals surface area contributed by atoms with E-state index in [1.807, 2.05) is 31.2 Å². The maximum Gasteiger partial charge on any atom is 0.227 e. The Morgan fingerprint density at radius 1 is 0.962 bits per heavy atom. The van der Waals surface area contributed by atoms with Crippen LogP contribution in [0.2, 0.25) is 0 Å². The summed E-state index contributed by atoms with van der Waals surface area (Å²) in [7, 11) is 0. The van der Waals surface area contributed by atoms with Crippen molar-refractivity contribution >= 4 is 11.7 Å². The second-order valence-electron chi connectivity index (χ2n) is 7.48. The van der Waals surface area contributed by atoms with Gasteiger partial charge in [-0.3, -0.25) is 9.59 Å². The number of amides is 1. The molecule has 2 aliphatic carbocycles. The molecule has 0 fully saturated rings. The molecule has 0 aromatic heterocycles. The van der Waals surface area contributed by atoms with E-state index in [-0.39, 0.29) is 53.8 Å². The van der Waals surface area contributed by atoms with E-state index in [1.54, 1.807) is 6.08 Å². The summed E-state index contributed by atoms with van der Waals surface area (Å²) in [5.41, 5.74) is 0. The van der Waals surface area contributed by atoms with E-state index in [0.717, 1.165) is 0 Å². The van der Waals surface area contributed by atoms with Crippen LogP contribution in [0, 0.1) is 29.6 Å². The number of hydrogen-bond acceptors (Lipinski definition) is 3. The molecule has 0 radical (unpaired) electrons. The SMILES string of the molecule is C[C@H]1C=CC=C[C@@H]2C=C[C@H]3[C@H](C=CC[C@@H]3O)[C@H]2C=CC(=O)CC(=O)NC1. The lowest BCUT2D eigenvalue weighted by Crippen LogP contribution is -2.37. The molecule has 0 aromatic rings. The summed E-state index contributed by atoms with van der Waals surface area (Å²) in [6.07, 6.45) is 20.3. The van der Waals surface area contributed by atoms with E-state index in [4.69, 9.17) is 0 Å². The summed E-state index contributed by atoms with van der Waals surface area (Å²) >= 11 is 0. The molecule has 0 unspecified atom stereocenters. The first-order valence-electron chi connectivity index (χ1n) is 9.40. The van der Waals surface area contributed by atoms with Crippen molar-refractivity contribution in [3.05, 3.63) is 60.8 Å². The number of allylic oxidation sites excluding steroid dienone is 7. The quantitative estimate of drug-likeness (QED) is 0.520. The van der Waals surface area contributed by atoms with Gasteiger partial charge >= 0.3 is 0 Å². The van der Waals surface area contributed by atoms with Crippen LogP contribution >= 0.6 is 0 Å². The number of aliphatic hydroxyl groups excluding tert-OH is 1. The molecular weight excluding hydrogens is 326 g/mol. The minimum atomic E-state index is -0.380. The van der Waals surface area contributed by atoms with E-state index in [1.165, 1.54) is 0 Å². The Balaban J connectivity index is 1.90. The lowest BCUT2D eigenvalue weighted by atomic mass is 9.66. The van der Waals surface area contributed by atoms with Gasteiger partial charge in [-0.05, 0) is 30.3 Å². The molecule has 1 amide bonds. The number of carbonyl (C=O) groups is 2. The van der Waals surface area contributed by atoms with Gasteiger partial charge in [0.25, 0.3) is 0 Å². The first kappa shape index (κ1) is 18.6. The number of rotatable bonds is 0. The maximum absolute atomic E-state index is 12.2. The Morgan fingerprint density at radius 2 is 1.77 bits per heavy atom. The molecule has 1 heterocycles.